The Hall–Kier alpha value is -1.99. The molecule has 1 fully saturated rings. The zero-order valence-electron chi connectivity index (χ0n) is 14.4. The number of aromatic nitrogens is 1. The van der Waals surface area contributed by atoms with Gasteiger partial charge >= 0.3 is 5.97 Å². The average molecular weight is 333 g/mol. The molecule has 2 atom stereocenters. The van der Waals surface area contributed by atoms with E-state index in [-0.39, 0.29) is 11.8 Å². The van der Waals surface area contributed by atoms with E-state index in [0.29, 0.717) is 30.9 Å². The van der Waals surface area contributed by atoms with E-state index >= 15 is 0 Å². The van der Waals surface area contributed by atoms with E-state index in [4.69, 9.17) is 9.47 Å². The van der Waals surface area contributed by atoms with Gasteiger partial charge in [-0.2, -0.15) is 0 Å². The molecule has 2 aliphatic rings. The number of nitrogens with zero attached hydrogens (tertiary/aromatic N) is 1. The third kappa shape index (κ3) is 2.67. The maximum Gasteiger partial charge on any atom is 0.339 e. The lowest BCUT2D eigenvalue weighted by molar-refractivity contribution is -0.125. The van der Waals surface area contributed by atoms with Gasteiger partial charge in [0.15, 0.2) is 0 Å². The maximum atomic E-state index is 12.4. The number of methoxy groups -OCH3 is 1. The fraction of sp³-hybridized carbons (Fsp3) is 0.588. The van der Waals surface area contributed by atoms with Gasteiger partial charge in [-0.3, -0.25) is 15.1 Å². The quantitative estimate of drug-likeness (QED) is 0.805. The van der Waals surface area contributed by atoms with E-state index in [1.165, 1.54) is 7.11 Å². The van der Waals surface area contributed by atoms with Crippen molar-refractivity contribution in [3.63, 3.8) is 0 Å². The lowest BCUT2D eigenvalue weighted by atomic mass is 9.89. The van der Waals surface area contributed by atoms with E-state index in [1.54, 1.807) is 6.07 Å². The number of carbonyl (C=O) groups excluding carboxylic acids is 2. The Kier molecular flexibility index (Phi) is 4.31. The first-order chi connectivity index (χ1) is 11.4. The molecule has 7 nitrogen and oxygen atoms in total. The van der Waals surface area contributed by atoms with Gasteiger partial charge in [-0.1, -0.05) is 13.8 Å². The van der Waals surface area contributed by atoms with Crippen LogP contribution in [0.25, 0.3) is 0 Å². The molecule has 1 aromatic rings. The number of esters is 1. The highest BCUT2D eigenvalue weighted by molar-refractivity contribution is 5.93. The Bertz CT molecular complexity index is 689. The molecule has 24 heavy (non-hydrogen) atoms. The van der Waals surface area contributed by atoms with Gasteiger partial charge in [-0.25, -0.2) is 4.79 Å². The molecular formula is C17H23N3O4. The Morgan fingerprint density at radius 2 is 2.25 bits per heavy atom. The summed E-state index contributed by atoms with van der Waals surface area (Å²) in [5.41, 5.74) is 1.94. The highest BCUT2D eigenvalue weighted by Crippen LogP contribution is 2.30. The Labute approximate surface area is 141 Å². The summed E-state index contributed by atoms with van der Waals surface area (Å²) in [6, 6.07) is 1.77. The summed E-state index contributed by atoms with van der Waals surface area (Å²) in [5, 5.41) is 6.21. The summed E-state index contributed by atoms with van der Waals surface area (Å²) < 4.78 is 10.3. The Morgan fingerprint density at radius 3 is 2.88 bits per heavy atom. The molecule has 0 aliphatic carbocycles. The van der Waals surface area contributed by atoms with Crippen LogP contribution in [0.3, 0.4) is 0 Å². The minimum absolute atomic E-state index is 0.0927. The summed E-state index contributed by atoms with van der Waals surface area (Å²) in [5.74, 6) is -0.476. The summed E-state index contributed by atoms with van der Waals surface area (Å²) >= 11 is 0. The maximum absolute atomic E-state index is 12.4. The van der Waals surface area contributed by atoms with E-state index in [9.17, 15) is 9.59 Å². The van der Waals surface area contributed by atoms with E-state index < -0.39 is 17.7 Å². The highest BCUT2D eigenvalue weighted by atomic mass is 16.5. The lowest BCUT2D eigenvalue weighted by Crippen LogP contribution is -2.48. The fourth-order valence-corrected chi connectivity index (χ4v) is 3.04. The van der Waals surface area contributed by atoms with Crippen LogP contribution in [0, 0.1) is 5.92 Å². The number of fused-ring (bicyclic) bond motifs is 1. The van der Waals surface area contributed by atoms with Gasteiger partial charge in [0.25, 0.3) is 0 Å². The third-order valence-electron chi connectivity index (χ3n) is 4.99. The highest BCUT2D eigenvalue weighted by Gasteiger charge is 2.46. The molecule has 130 valence electrons. The summed E-state index contributed by atoms with van der Waals surface area (Å²) in [6.45, 7) is 6.85. The van der Waals surface area contributed by atoms with Crippen LogP contribution in [0.5, 0.6) is 0 Å². The van der Waals surface area contributed by atoms with Gasteiger partial charge in [0, 0.05) is 17.7 Å². The van der Waals surface area contributed by atoms with Crippen molar-refractivity contribution < 1.29 is 19.1 Å². The van der Waals surface area contributed by atoms with Gasteiger partial charge in [-0.05, 0) is 18.9 Å². The van der Waals surface area contributed by atoms with Gasteiger partial charge in [0.1, 0.15) is 6.17 Å². The molecule has 0 bridgehead atoms. The molecule has 3 rings (SSSR count). The normalized spacial score (nSPS) is 26.2. The first-order valence-electron chi connectivity index (χ1n) is 8.14. The monoisotopic (exact) mass is 333 g/mol. The van der Waals surface area contributed by atoms with E-state index in [0.717, 1.165) is 11.3 Å². The van der Waals surface area contributed by atoms with Crippen LogP contribution >= 0.6 is 0 Å². The topological polar surface area (TPSA) is 89.5 Å². The first kappa shape index (κ1) is 16.9. The second-order valence-corrected chi connectivity index (χ2v) is 6.73. The number of ether oxygens (including phenoxy) is 2. The van der Waals surface area contributed by atoms with Crippen molar-refractivity contribution in [1.82, 2.24) is 15.6 Å². The molecule has 0 saturated carbocycles. The number of carbonyl (C=O) groups is 2. The molecule has 1 amide bonds. The lowest BCUT2D eigenvalue weighted by Gasteiger charge is -2.27. The van der Waals surface area contributed by atoms with Crippen LogP contribution in [-0.2, 0) is 27.3 Å². The molecule has 0 aromatic carbocycles. The van der Waals surface area contributed by atoms with Crippen LogP contribution in [-0.4, -0.2) is 36.1 Å². The average Bonchev–Trinajstić information content (AvgIpc) is 2.89. The molecular weight excluding hydrogens is 310 g/mol. The molecule has 0 radical (unpaired) electrons. The van der Waals surface area contributed by atoms with Crippen molar-refractivity contribution in [3.05, 3.63) is 28.6 Å². The molecule has 0 spiro atoms. The number of hydrogen-bond donors (Lipinski definition) is 2. The molecule has 7 heteroatoms. The molecule has 3 heterocycles. The van der Waals surface area contributed by atoms with Crippen molar-refractivity contribution in [2.75, 3.05) is 13.7 Å². The van der Waals surface area contributed by atoms with Crippen LogP contribution in [0.4, 0.5) is 0 Å². The first-order valence-corrected chi connectivity index (χ1v) is 8.14. The van der Waals surface area contributed by atoms with Gasteiger partial charge in [0.2, 0.25) is 5.91 Å². The fourth-order valence-electron chi connectivity index (χ4n) is 3.04. The molecule has 1 aromatic heterocycles. The minimum atomic E-state index is -0.710. The minimum Gasteiger partial charge on any atom is -0.465 e. The van der Waals surface area contributed by atoms with Crippen LogP contribution in [0.15, 0.2) is 6.07 Å². The van der Waals surface area contributed by atoms with Crippen molar-refractivity contribution in [2.45, 2.75) is 45.5 Å². The number of hydrogen-bond acceptors (Lipinski definition) is 6. The zero-order valence-corrected chi connectivity index (χ0v) is 14.4. The smallest absolute Gasteiger partial charge is 0.339 e. The zero-order chi connectivity index (χ0) is 17.5. The van der Waals surface area contributed by atoms with E-state index in [2.05, 4.69) is 15.6 Å². The number of rotatable bonds is 3. The number of nitrogens with one attached hydrogen (secondary N) is 2. The van der Waals surface area contributed by atoms with Crippen molar-refractivity contribution in [3.8, 4) is 0 Å². The summed E-state index contributed by atoms with van der Waals surface area (Å²) in [4.78, 5) is 29.3. The Morgan fingerprint density at radius 1 is 1.50 bits per heavy atom. The predicted molar refractivity (Wildman–Crippen MR) is 86.2 cm³/mol. The van der Waals surface area contributed by atoms with Crippen molar-refractivity contribution in [1.29, 1.82) is 0 Å². The van der Waals surface area contributed by atoms with Gasteiger partial charge < -0.3 is 14.8 Å². The van der Waals surface area contributed by atoms with Crippen molar-refractivity contribution in [2.24, 2.45) is 5.92 Å². The summed E-state index contributed by atoms with van der Waals surface area (Å²) in [7, 11) is 1.33. The third-order valence-corrected chi connectivity index (χ3v) is 4.99. The number of amides is 1. The van der Waals surface area contributed by atoms with Crippen molar-refractivity contribution >= 4 is 11.9 Å². The molecule has 2 aliphatic heterocycles. The second-order valence-electron chi connectivity index (χ2n) is 6.73. The number of pyridine rings is 1. The second kappa shape index (κ2) is 6.14. The summed E-state index contributed by atoms with van der Waals surface area (Å²) in [6.07, 6.45) is 0.165. The van der Waals surface area contributed by atoms with E-state index in [1.807, 2.05) is 20.8 Å². The van der Waals surface area contributed by atoms with Gasteiger partial charge in [-0.15, -0.1) is 0 Å². The van der Waals surface area contributed by atoms with Crippen LogP contribution < -0.4 is 10.6 Å². The Balaban J connectivity index is 2.04. The van der Waals surface area contributed by atoms with Crippen LogP contribution in [0.1, 0.15) is 54.2 Å². The largest absolute Gasteiger partial charge is 0.465 e. The van der Waals surface area contributed by atoms with Gasteiger partial charge in [0.05, 0.1) is 37.1 Å². The molecule has 1 saturated heterocycles. The molecule has 2 unspecified atom stereocenters. The predicted octanol–water partition coefficient (Wildman–Crippen LogP) is 1.07. The molecule has 2 N–H and O–H groups in total. The SMILES string of the molecule is COC(=O)c1cc2c(nc1C1NC(=O)C(C)(C(C)C)N1)CCOC2. The van der Waals surface area contributed by atoms with Crippen LogP contribution in [0.2, 0.25) is 0 Å². The standard InChI is InChI=1S/C17H23N3O4/c1-9(2)17(3)16(22)19-14(20-17)13-11(15(21)23-4)7-10-8-24-6-5-12(10)18-13/h7,9,14,20H,5-6,8H2,1-4H3,(H,19,22).